The molecule has 2 atom stereocenters. The van der Waals surface area contributed by atoms with Crippen LogP contribution in [0.3, 0.4) is 0 Å². The third-order valence-corrected chi connectivity index (χ3v) is 2.86. The standard InChI is InChI=1S/C11H22O4/c1-9(15-3)6-4-5-7-11(2,8-12)10(13)14/h9,12H,4-8H2,1-3H3,(H,13,14). The molecule has 0 saturated heterocycles. The monoisotopic (exact) mass is 218 g/mol. The molecule has 0 aliphatic carbocycles. The number of rotatable bonds is 8. The molecule has 0 aliphatic heterocycles. The number of ether oxygens (including phenoxy) is 1. The first kappa shape index (κ1) is 14.4. The van der Waals surface area contributed by atoms with Crippen molar-refractivity contribution in [2.24, 2.45) is 5.41 Å². The lowest BCUT2D eigenvalue weighted by Gasteiger charge is -2.21. The first-order valence-electron chi connectivity index (χ1n) is 5.33. The van der Waals surface area contributed by atoms with E-state index in [-0.39, 0.29) is 12.7 Å². The average Bonchev–Trinajstić information content (AvgIpc) is 2.23. The highest BCUT2D eigenvalue weighted by Gasteiger charge is 2.31. The number of hydrogen-bond acceptors (Lipinski definition) is 3. The Morgan fingerprint density at radius 1 is 1.47 bits per heavy atom. The first-order chi connectivity index (χ1) is 6.96. The van der Waals surface area contributed by atoms with Crippen LogP contribution in [0.5, 0.6) is 0 Å². The fraction of sp³-hybridized carbons (Fsp3) is 0.909. The zero-order chi connectivity index (χ0) is 11.9. The van der Waals surface area contributed by atoms with Gasteiger partial charge in [0.2, 0.25) is 0 Å². The van der Waals surface area contributed by atoms with Crippen molar-refractivity contribution in [3.05, 3.63) is 0 Å². The fourth-order valence-corrected chi connectivity index (χ4v) is 1.32. The number of carboxylic acids is 1. The van der Waals surface area contributed by atoms with Crippen LogP contribution in [0.2, 0.25) is 0 Å². The predicted octanol–water partition coefficient (Wildman–Crippen LogP) is 1.66. The minimum Gasteiger partial charge on any atom is -0.481 e. The summed E-state index contributed by atoms with van der Waals surface area (Å²) in [7, 11) is 1.67. The zero-order valence-corrected chi connectivity index (χ0v) is 9.82. The summed E-state index contributed by atoms with van der Waals surface area (Å²) in [5.74, 6) is -0.926. The predicted molar refractivity (Wildman–Crippen MR) is 57.8 cm³/mol. The molecule has 0 saturated carbocycles. The van der Waals surface area contributed by atoms with Gasteiger partial charge in [-0.1, -0.05) is 12.8 Å². The lowest BCUT2D eigenvalue weighted by atomic mass is 9.85. The van der Waals surface area contributed by atoms with E-state index in [1.807, 2.05) is 6.92 Å². The zero-order valence-electron chi connectivity index (χ0n) is 9.82. The summed E-state index contributed by atoms with van der Waals surface area (Å²) in [6.45, 7) is 3.26. The Balaban J connectivity index is 3.78. The molecule has 90 valence electrons. The topological polar surface area (TPSA) is 66.8 Å². The molecule has 0 radical (unpaired) electrons. The number of aliphatic hydroxyl groups is 1. The quantitative estimate of drug-likeness (QED) is 0.608. The Morgan fingerprint density at radius 3 is 2.47 bits per heavy atom. The molecular weight excluding hydrogens is 196 g/mol. The van der Waals surface area contributed by atoms with Gasteiger partial charge in [-0.05, 0) is 26.7 Å². The highest BCUT2D eigenvalue weighted by molar-refractivity contribution is 5.74. The van der Waals surface area contributed by atoms with Crippen molar-refractivity contribution >= 4 is 5.97 Å². The highest BCUT2D eigenvalue weighted by atomic mass is 16.5. The van der Waals surface area contributed by atoms with Gasteiger partial charge in [-0.15, -0.1) is 0 Å². The van der Waals surface area contributed by atoms with Gasteiger partial charge in [0.25, 0.3) is 0 Å². The number of unbranched alkanes of at least 4 members (excludes halogenated alkanes) is 1. The molecule has 0 spiro atoms. The number of carboxylic acid groups (broad SMARTS) is 1. The second-order valence-electron chi connectivity index (χ2n) is 4.32. The maximum atomic E-state index is 10.9. The molecule has 0 aromatic carbocycles. The summed E-state index contributed by atoms with van der Waals surface area (Å²) in [6.07, 6.45) is 3.39. The molecule has 2 N–H and O–H groups in total. The van der Waals surface area contributed by atoms with Gasteiger partial charge in [-0.3, -0.25) is 4.79 Å². The van der Waals surface area contributed by atoms with Crippen LogP contribution in [-0.2, 0) is 9.53 Å². The number of methoxy groups -OCH3 is 1. The molecule has 0 amide bonds. The molecule has 4 heteroatoms. The summed E-state index contributed by atoms with van der Waals surface area (Å²) in [4.78, 5) is 10.9. The smallest absolute Gasteiger partial charge is 0.311 e. The fourth-order valence-electron chi connectivity index (χ4n) is 1.32. The van der Waals surface area contributed by atoms with Crippen molar-refractivity contribution in [2.75, 3.05) is 13.7 Å². The molecule has 2 unspecified atom stereocenters. The van der Waals surface area contributed by atoms with E-state index in [2.05, 4.69) is 0 Å². The molecule has 0 bridgehead atoms. The minimum absolute atomic E-state index is 0.218. The normalized spacial score (nSPS) is 17.1. The van der Waals surface area contributed by atoms with Crippen LogP contribution in [0, 0.1) is 5.41 Å². The average molecular weight is 218 g/mol. The molecule has 0 heterocycles. The van der Waals surface area contributed by atoms with Gasteiger partial charge in [0.15, 0.2) is 0 Å². The molecule has 0 fully saturated rings. The highest BCUT2D eigenvalue weighted by Crippen LogP contribution is 2.24. The molecular formula is C11H22O4. The lowest BCUT2D eigenvalue weighted by molar-refractivity contribution is -0.150. The largest absolute Gasteiger partial charge is 0.481 e. The van der Waals surface area contributed by atoms with Crippen LogP contribution in [0.1, 0.15) is 39.5 Å². The summed E-state index contributed by atoms with van der Waals surface area (Å²) >= 11 is 0. The van der Waals surface area contributed by atoms with Crippen LogP contribution in [0.4, 0.5) is 0 Å². The number of hydrogen-bond donors (Lipinski definition) is 2. The second-order valence-corrected chi connectivity index (χ2v) is 4.32. The molecule has 0 aromatic heterocycles. The van der Waals surface area contributed by atoms with Crippen molar-refractivity contribution in [1.29, 1.82) is 0 Å². The van der Waals surface area contributed by atoms with Gasteiger partial charge >= 0.3 is 5.97 Å². The van der Waals surface area contributed by atoms with Gasteiger partial charge in [0.1, 0.15) is 0 Å². The molecule has 0 aromatic rings. The van der Waals surface area contributed by atoms with Gasteiger partial charge < -0.3 is 14.9 Å². The molecule has 15 heavy (non-hydrogen) atoms. The van der Waals surface area contributed by atoms with Crippen LogP contribution in [0.25, 0.3) is 0 Å². The Hall–Kier alpha value is -0.610. The van der Waals surface area contributed by atoms with E-state index in [9.17, 15) is 4.79 Å². The third-order valence-electron chi connectivity index (χ3n) is 2.86. The van der Waals surface area contributed by atoms with E-state index in [1.54, 1.807) is 14.0 Å². The van der Waals surface area contributed by atoms with Crippen LogP contribution in [-0.4, -0.2) is 36.0 Å². The van der Waals surface area contributed by atoms with E-state index in [0.29, 0.717) is 6.42 Å². The lowest BCUT2D eigenvalue weighted by Crippen LogP contribution is -2.31. The summed E-state index contributed by atoms with van der Waals surface area (Å²) in [5, 5.41) is 17.9. The number of carbonyl (C=O) groups is 1. The van der Waals surface area contributed by atoms with E-state index in [1.165, 1.54) is 0 Å². The summed E-state index contributed by atoms with van der Waals surface area (Å²) in [5.41, 5.74) is -0.990. The van der Waals surface area contributed by atoms with Crippen molar-refractivity contribution in [2.45, 2.75) is 45.6 Å². The van der Waals surface area contributed by atoms with Crippen molar-refractivity contribution in [3.8, 4) is 0 Å². The van der Waals surface area contributed by atoms with Crippen molar-refractivity contribution in [3.63, 3.8) is 0 Å². The van der Waals surface area contributed by atoms with Crippen molar-refractivity contribution in [1.82, 2.24) is 0 Å². The molecule has 0 aliphatic rings. The van der Waals surface area contributed by atoms with Gasteiger partial charge in [-0.2, -0.15) is 0 Å². The van der Waals surface area contributed by atoms with Gasteiger partial charge in [0.05, 0.1) is 18.1 Å². The van der Waals surface area contributed by atoms with E-state index >= 15 is 0 Å². The van der Waals surface area contributed by atoms with E-state index < -0.39 is 11.4 Å². The maximum Gasteiger partial charge on any atom is 0.311 e. The first-order valence-corrected chi connectivity index (χ1v) is 5.33. The van der Waals surface area contributed by atoms with Crippen LogP contribution >= 0.6 is 0 Å². The van der Waals surface area contributed by atoms with E-state index in [4.69, 9.17) is 14.9 Å². The molecule has 4 nitrogen and oxygen atoms in total. The number of aliphatic hydroxyl groups excluding tert-OH is 1. The summed E-state index contributed by atoms with van der Waals surface area (Å²) < 4.78 is 5.09. The SMILES string of the molecule is COC(C)CCCCC(C)(CO)C(=O)O. The molecule has 0 rings (SSSR count). The Morgan fingerprint density at radius 2 is 2.07 bits per heavy atom. The Bertz CT molecular complexity index is 193. The second kappa shape index (κ2) is 6.80. The van der Waals surface area contributed by atoms with Crippen molar-refractivity contribution < 1.29 is 19.7 Å². The van der Waals surface area contributed by atoms with E-state index in [0.717, 1.165) is 19.3 Å². The number of aliphatic carboxylic acids is 1. The Kier molecular flexibility index (Phi) is 6.52. The van der Waals surface area contributed by atoms with Crippen LogP contribution < -0.4 is 0 Å². The van der Waals surface area contributed by atoms with Gasteiger partial charge in [0, 0.05) is 7.11 Å². The summed E-state index contributed by atoms with van der Waals surface area (Å²) in [6, 6.07) is 0. The Labute approximate surface area is 91.3 Å². The maximum absolute atomic E-state index is 10.9. The van der Waals surface area contributed by atoms with Crippen LogP contribution in [0.15, 0.2) is 0 Å². The van der Waals surface area contributed by atoms with Gasteiger partial charge in [-0.25, -0.2) is 0 Å². The third kappa shape index (κ3) is 5.14. The minimum atomic E-state index is -0.990.